The third-order valence-electron chi connectivity index (χ3n) is 4.78. The van der Waals surface area contributed by atoms with Crippen molar-refractivity contribution in [1.82, 2.24) is 19.3 Å². The third kappa shape index (κ3) is 5.83. The van der Waals surface area contributed by atoms with E-state index in [1.165, 1.54) is 15.7 Å². The molecule has 33 heavy (non-hydrogen) atoms. The molecule has 11 nitrogen and oxygen atoms in total. The number of hydrogen-bond acceptors (Lipinski definition) is 7. The van der Waals surface area contributed by atoms with Gasteiger partial charge in [-0.05, 0) is 31.0 Å². The Morgan fingerprint density at radius 3 is 2.76 bits per heavy atom. The molecule has 2 aromatic heterocycles. The Labute approximate surface area is 190 Å². The van der Waals surface area contributed by atoms with Crippen LogP contribution in [0.25, 0.3) is 11.1 Å². The van der Waals surface area contributed by atoms with Crippen molar-refractivity contribution in [3.63, 3.8) is 0 Å². The molecular weight excluding hydrogens is 428 g/mol. The van der Waals surface area contributed by atoms with Gasteiger partial charge in [-0.1, -0.05) is 19.1 Å². The van der Waals surface area contributed by atoms with Crippen LogP contribution in [0.3, 0.4) is 0 Å². The molecule has 3 rings (SSSR count). The van der Waals surface area contributed by atoms with E-state index in [1.807, 2.05) is 19.2 Å². The lowest BCUT2D eigenvalue weighted by Gasteiger charge is -2.21. The highest BCUT2D eigenvalue weighted by Gasteiger charge is 2.22. The SMILES string of the molecule is CCCOC(=O)n1cc(NC(=O)[C@H](O)CN(C=O)c2cccc(-c3cnn(C)c3)c2)nc1C. The fourth-order valence-electron chi connectivity index (χ4n) is 3.10. The maximum absolute atomic E-state index is 12.5. The maximum atomic E-state index is 12.5. The maximum Gasteiger partial charge on any atom is 0.419 e. The van der Waals surface area contributed by atoms with Gasteiger partial charge in [0.25, 0.3) is 5.91 Å². The minimum atomic E-state index is -1.53. The van der Waals surface area contributed by atoms with E-state index in [2.05, 4.69) is 15.4 Å². The zero-order valence-corrected chi connectivity index (χ0v) is 18.6. The summed E-state index contributed by atoms with van der Waals surface area (Å²) in [5.74, 6) is -0.360. The van der Waals surface area contributed by atoms with Gasteiger partial charge in [-0.2, -0.15) is 5.10 Å². The summed E-state index contributed by atoms with van der Waals surface area (Å²) in [6.45, 7) is 3.45. The molecule has 0 saturated carbocycles. The molecule has 2 N–H and O–H groups in total. The van der Waals surface area contributed by atoms with E-state index >= 15 is 0 Å². The number of aliphatic hydroxyl groups is 1. The Kier molecular flexibility index (Phi) is 7.57. The van der Waals surface area contributed by atoms with Gasteiger partial charge in [0.1, 0.15) is 5.82 Å². The number of anilines is 2. The summed E-state index contributed by atoms with van der Waals surface area (Å²) >= 11 is 0. The molecule has 2 amide bonds. The largest absolute Gasteiger partial charge is 0.449 e. The van der Waals surface area contributed by atoms with Crippen molar-refractivity contribution in [3.05, 3.63) is 48.7 Å². The lowest BCUT2D eigenvalue weighted by atomic mass is 10.1. The van der Waals surface area contributed by atoms with E-state index in [1.54, 1.807) is 43.0 Å². The molecule has 0 aliphatic rings. The summed E-state index contributed by atoms with van der Waals surface area (Å²) in [5, 5.41) is 17.0. The number of aliphatic hydroxyl groups excluding tert-OH is 1. The van der Waals surface area contributed by atoms with Crippen LogP contribution in [-0.4, -0.2) is 62.1 Å². The third-order valence-corrected chi connectivity index (χ3v) is 4.78. The van der Waals surface area contributed by atoms with Crippen molar-refractivity contribution < 1.29 is 24.2 Å². The van der Waals surface area contributed by atoms with Gasteiger partial charge in [0.05, 0.1) is 25.5 Å². The second-order valence-corrected chi connectivity index (χ2v) is 7.37. The quantitative estimate of drug-likeness (QED) is 0.472. The minimum Gasteiger partial charge on any atom is -0.449 e. The van der Waals surface area contributed by atoms with Crippen LogP contribution >= 0.6 is 0 Å². The highest BCUT2D eigenvalue weighted by Crippen LogP contribution is 2.24. The first kappa shape index (κ1) is 23.7. The van der Waals surface area contributed by atoms with Crippen molar-refractivity contribution in [2.24, 2.45) is 7.05 Å². The van der Waals surface area contributed by atoms with Gasteiger partial charge < -0.3 is 20.1 Å². The molecule has 0 aliphatic heterocycles. The summed E-state index contributed by atoms with van der Waals surface area (Å²) in [4.78, 5) is 41.5. The number of amides is 2. The van der Waals surface area contributed by atoms with Crippen molar-refractivity contribution in [3.8, 4) is 11.1 Å². The second kappa shape index (κ2) is 10.6. The number of nitrogens with one attached hydrogen (secondary N) is 1. The lowest BCUT2D eigenvalue weighted by molar-refractivity contribution is -0.123. The van der Waals surface area contributed by atoms with Gasteiger partial charge >= 0.3 is 6.09 Å². The first-order chi connectivity index (χ1) is 15.8. The van der Waals surface area contributed by atoms with Crippen molar-refractivity contribution in [1.29, 1.82) is 0 Å². The topological polar surface area (TPSA) is 132 Å². The van der Waals surface area contributed by atoms with Crippen LogP contribution in [0.4, 0.5) is 16.3 Å². The Balaban J connectivity index is 1.66. The molecule has 2 heterocycles. The van der Waals surface area contributed by atoms with Crippen LogP contribution in [-0.2, 0) is 21.4 Å². The molecule has 1 aromatic carbocycles. The van der Waals surface area contributed by atoms with Crippen LogP contribution in [0.2, 0.25) is 0 Å². The molecule has 0 unspecified atom stereocenters. The predicted octanol–water partition coefficient (Wildman–Crippen LogP) is 1.95. The summed E-state index contributed by atoms with van der Waals surface area (Å²) in [6, 6.07) is 7.11. The van der Waals surface area contributed by atoms with Gasteiger partial charge in [0, 0.05) is 24.5 Å². The summed E-state index contributed by atoms with van der Waals surface area (Å²) < 4.78 is 7.89. The Hall–Kier alpha value is -3.99. The van der Waals surface area contributed by atoms with Crippen LogP contribution in [0.1, 0.15) is 19.2 Å². The first-order valence-electron chi connectivity index (χ1n) is 10.4. The Morgan fingerprint density at radius 2 is 2.09 bits per heavy atom. The van der Waals surface area contributed by atoms with Crippen molar-refractivity contribution in [2.45, 2.75) is 26.4 Å². The van der Waals surface area contributed by atoms with Gasteiger partial charge in [-0.25, -0.2) is 14.3 Å². The average Bonchev–Trinajstić information content (AvgIpc) is 3.40. The molecule has 174 valence electrons. The van der Waals surface area contributed by atoms with E-state index in [0.29, 0.717) is 24.3 Å². The Bertz CT molecular complexity index is 1140. The van der Waals surface area contributed by atoms with E-state index in [9.17, 15) is 19.5 Å². The number of aryl methyl sites for hydroxylation is 2. The van der Waals surface area contributed by atoms with Crippen molar-refractivity contribution in [2.75, 3.05) is 23.4 Å². The molecule has 0 aliphatic carbocycles. The first-order valence-corrected chi connectivity index (χ1v) is 10.4. The number of hydrogen-bond donors (Lipinski definition) is 2. The fraction of sp³-hybridized carbons (Fsp3) is 0.318. The van der Waals surface area contributed by atoms with Crippen LogP contribution in [0.15, 0.2) is 42.9 Å². The molecule has 1 atom stereocenters. The number of carbonyl (C=O) groups is 3. The highest BCUT2D eigenvalue weighted by molar-refractivity contribution is 5.94. The number of rotatable bonds is 9. The molecule has 0 spiro atoms. The number of ether oxygens (including phenoxy) is 1. The molecule has 0 fully saturated rings. The fourth-order valence-corrected chi connectivity index (χ4v) is 3.10. The summed E-state index contributed by atoms with van der Waals surface area (Å²) in [7, 11) is 1.80. The lowest BCUT2D eigenvalue weighted by Crippen LogP contribution is -2.39. The van der Waals surface area contributed by atoms with Crippen LogP contribution < -0.4 is 10.2 Å². The second-order valence-electron chi connectivity index (χ2n) is 7.37. The van der Waals surface area contributed by atoms with Gasteiger partial charge in [0.2, 0.25) is 6.41 Å². The minimum absolute atomic E-state index is 0.0845. The molecule has 3 aromatic rings. The molecule has 11 heteroatoms. The normalized spacial score (nSPS) is 11.6. The smallest absolute Gasteiger partial charge is 0.419 e. The van der Waals surface area contributed by atoms with Gasteiger partial charge in [-0.3, -0.25) is 14.3 Å². The predicted molar refractivity (Wildman–Crippen MR) is 121 cm³/mol. The number of carbonyl (C=O) groups excluding carboxylic acids is 3. The molecular formula is C22H26N6O5. The standard InChI is InChI=1S/C22H26N6O5/c1-4-8-33-22(32)28-13-20(24-15(28)2)25-21(31)19(30)12-27(14-29)18-7-5-6-16(9-18)17-10-23-26(3)11-17/h5-7,9-11,13-14,19,30H,4,8,12H2,1-3H3,(H,25,31)/t19-/m1/s1. The number of imidazole rings is 1. The average molecular weight is 454 g/mol. The van der Waals surface area contributed by atoms with E-state index in [4.69, 9.17) is 4.74 Å². The zero-order valence-electron chi connectivity index (χ0n) is 18.6. The van der Waals surface area contributed by atoms with Crippen LogP contribution in [0, 0.1) is 6.92 Å². The van der Waals surface area contributed by atoms with E-state index in [0.717, 1.165) is 11.1 Å². The van der Waals surface area contributed by atoms with Crippen molar-refractivity contribution >= 4 is 29.9 Å². The summed E-state index contributed by atoms with van der Waals surface area (Å²) in [6.07, 6.45) is 3.93. The van der Waals surface area contributed by atoms with E-state index < -0.39 is 18.1 Å². The Morgan fingerprint density at radius 1 is 1.30 bits per heavy atom. The molecule has 0 bridgehead atoms. The number of benzene rings is 1. The monoisotopic (exact) mass is 454 g/mol. The molecule has 0 radical (unpaired) electrons. The molecule has 0 saturated heterocycles. The van der Waals surface area contributed by atoms with Gasteiger partial charge in [0.15, 0.2) is 11.9 Å². The highest BCUT2D eigenvalue weighted by atomic mass is 16.5. The van der Waals surface area contributed by atoms with Crippen LogP contribution in [0.5, 0.6) is 0 Å². The number of nitrogens with zero attached hydrogens (tertiary/aromatic N) is 5. The number of aromatic nitrogens is 4. The zero-order chi connectivity index (χ0) is 24.0. The van der Waals surface area contributed by atoms with Gasteiger partial charge in [-0.15, -0.1) is 0 Å². The summed E-state index contributed by atoms with van der Waals surface area (Å²) in [5.41, 5.74) is 2.21. The van der Waals surface area contributed by atoms with E-state index in [-0.39, 0.29) is 19.0 Å².